The average molecular weight is 446 g/mol. The summed E-state index contributed by atoms with van der Waals surface area (Å²) >= 11 is 0. The van der Waals surface area contributed by atoms with Crippen LogP contribution in [0.4, 0.5) is 10.1 Å². The summed E-state index contributed by atoms with van der Waals surface area (Å²) in [5, 5.41) is 14.6. The van der Waals surface area contributed by atoms with Gasteiger partial charge in [-0.05, 0) is 41.3 Å². The van der Waals surface area contributed by atoms with Crippen molar-refractivity contribution in [3.63, 3.8) is 0 Å². The lowest BCUT2D eigenvalue weighted by molar-refractivity contribution is -0.175. The maximum atomic E-state index is 13.9. The third kappa shape index (κ3) is 2.89. The minimum absolute atomic E-state index is 0.114. The van der Waals surface area contributed by atoms with Crippen molar-refractivity contribution in [2.45, 2.75) is 37.5 Å². The van der Waals surface area contributed by atoms with E-state index in [1.165, 1.54) is 24.3 Å². The summed E-state index contributed by atoms with van der Waals surface area (Å²) < 4.78 is 19.3. The molecule has 0 aromatic heterocycles. The van der Waals surface area contributed by atoms with E-state index in [2.05, 4.69) is 5.32 Å². The number of Topliss-reactive ketones (excluding diaryl/α,β-unsaturated/α-hetero) is 1. The van der Waals surface area contributed by atoms with Gasteiger partial charge >= 0.3 is 0 Å². The fraction of sp³-hybridized carbons (Fsp3) is 0.231. The molecule has 6 nitrogen and oxygen atoms in total. The lowest BCUT2D eigenvalue weighted by Crippen LogP contribution is -2.60. The standard InChI is InChI=1S/C26H23FN2O4/c1-14(2)16-8-11-18-21(13-16)33-26(32)19-4-3-5-20(28)23(19)24(31)25(18,26)29-22(30)12-15-6-9-17(27)10-7-15/h3-11,13-14,32H,12,28H2,1-2H3,(H,29,30). The summed E-state index contributed by atoms with van der Waals surface area (Å²) in [6, 6.07) is 15.6. The van der Waals surface area contributed by atoms with Crippen LogP contribution in [0.25, 0.3) is 0 Å². The average Bonchev–Trinajstić information content (AvgIpc) is 3.12. The Labute approximate surface area is 190 Å². The van der Waals surface area contributed by atoms with E-state index < -0.39 is 28.8 Å². The zero-order valence-electron chi connectivity index (χ0n) is 18.2. The fourth-order valence-corrected chi connectivity index (χ4v) is 4.79. The van der Waals surface area contributed by atoms with Crippen LogP contribution in [-0.4, -0.2) is 16.8 Å². The van der Waals surface area contributed by atoms with Crippen LogP contribution in [0.2, 0.25) is 0 Å². The molecule has 5 rings (SSSR count). The highest BCUT2D eigenvalue weighted by Crippen LogP contribution is 2.59. The minimum Gasteiger partial charge on any atom is -0.454 e. The number of carbonyl (C=O) groups is 2. The number of amides is 1. The van der Waals surface area contributed by atoms with Crippen molar-refractivity contribution >= 4 is 17.4 Å². The van der Waals surface area contributed by atoms with Gasteiger partial charge in [0.05, 0.1) is 12.0 Å². The quantitative estimate of drug-likeness (QED) is 0.533. The van der Waals surface area contributed by atoms with E-state index in [0.29, 0.717) is 16.9 Å². The van der Waals surface area contributed by atoms with Crippen LogP contribution < -0.4 is 15.8 Å². The molecule has 168 valence electrons. The zero-order chi connectivity index (χ0) is 23.5. The van der Waals surface area contributed by atoms with Crippen LogP contribution in [0.5, 0.6) is 5.75 Å². The molecule has 4 N–H and O–H groups in total. The van der Waals surface area contributed by atoms with Crippen molar-refractivity contribution < 1.29 is 23.8 Å². The highest BCUT2D eigenvalue weighted by atomic mass is 19.1. The van der Waals surface area contributed by atoms with Gasteiger partial charge < -0.3 is 20.9 Å². The number of nitrogen functional groups attached to an aromatic ring is 1. The lowest BCUT2D eigenvalue weighted by Gasteiger charge is -2.34. The molecule has 33 heavy (non-hydrogen) atoms. The third-order valence-electron chi connectivity index (χ3n) is 6.48. The van der Waals surface area contributed by atoms with Crippen molar-refractivity contribution in [1.29, 1.82) is 0 Å². The zero-order valence-corrected chi connectivity index (χ0v) is 18.2. The van der Waals surface area contributed by atoms with Gasteiger partial charge in [-0.25, -0.2) is 4.39 Å². The highest BCUT2D eigenvalue weighted by Gasteiger charge is 2.72. The highest BCUT2D eigenvalue weighted by molar-refractivity contribution is 6.15. The van der Waals surface area contributed by atoms with Gasteiger partial charge in [0, 0.05) is 16.8 Å². The monoisotopic (exact) mass is 446 g/mol. The molecule has 1 aliphatic carbocycles. The second-order valence-corrected chi connectivity index (χ2v) is 8.86. The number of nitrogens with two attached hydrogens (primary N) is 1. The van der Waals surface area contributed by atoms with E-state index in [9.17, 15) is 19.1 Å². The molecule has 0 bridgehead atoms. The number of nitrogens with one attached hydrogen (secondary N) is 1. The third-order valence-corrected chi connectivity index (χ3v) is 6.48. The maximum Gasteiger partial charge on any atom is 0.271 e. The van der Waals surface area contributed by atoms with Crippen molar-refractivity contribution in [3.8, 4) is 5.75 Å². The smallest absolute Gasteiger partial charge is 0.271 e. The minimum atomic E-state index is -2.16. The van der Waals surface area contributed by atoms with Crippen LogP contribution in [-0.2, 0) is 22.5 Å². The molecule has 2 aliphatic rings. The van der Waals surface area contributed by atoms with Crippen molar-refractivity contribution in [2.24, 2.45) is 0 Å². The van der Waals surface area contributed by atoms with Crippen LogP contribution in [0.15, 0.2) is 60.7 Å². The van der Waals surface area contributed by atoms with E-state index in [4.69, 9.17) is 10.5 Å². The fourth-order valence-electron chi connectivity index (χ4n) is 4.79. The van der Waals surface area contributed by atoms with Gasteiger partial charge in [-0.3, -0.25) is 9.59 Å². The van der Waals surface area contributed by atoms with E-state index in [-0.39, 0.29) is 29.2 Å². The first-order chi connectivity index (χ1) is 15.7. The second kappa shape index (κ2) is 7.15. The lowest BCUT2D eigenvalue weighted by atomic mass is 9.82. The van der Waals surface area contributed by atoms with Gasteiger partial charge in [-0.15, -0.1) is 0 Å². The molecule has 0 radical (unpaired) electrons. The normalized spacial score (nSPS) is 22.5. The number of aliphatic hydroxyl groups is 1. The van der Waals surface area contributed by atoms with Gasteiger partial charge in [-0.1, -0.05) is 50.2 Å². The Bertz CT molecular complexity index is 1300. The van der Waals surface area contributed by atoms with Gasteiger partial charge in [0.2, 0.25) is 17.2 Å². The summed E-state index contributed by atoms with van der Waals surface area (Å²) in [5.41, 5.74) is 6.61. The van der Waals surface area contributed by atoms with E-state index >= 15 is 0 Å². The number of ether oxygens (including phenoxy) is 1. The topological polar surface area (TPSA) is 102 Å². The first-order valence-electron chi connectivity index (χ1n) is 10.7. The van der Waals surface area contributed by atoms with Crippen molar-refractivity contribution in [2.75, 3.05) is 5.73 Å². The van der Waals surface area contributed by atoms with Crippen molar-refractivity contribution in [1.82, 2.24) is 5.32 Å². The molecule has 1 amide bonds. The second-order valence-electron chi connectivity index (χ2n) is 8.86. The van der Waals surface area contributed by atoms with Crippen molar-refractivity contribution in [3.05, 3.63) is 94.3 Å². The maximum absolute atomic E-state index is 13.9. The predicted molar refractivity (Wildman–Crippen MR) is 120 cm³/mol. The van der Waals surface area contributed by atoms with Crippen LogP contribution in [0.1, 0.15) is 52.4 Å². The molecule has 0 fully saturated rings. The Hall–Kier alpha value is -3.71. The molecular weight excluding hydrogens is 423 g/mol. The number of hydrogen-bond acceptors (Lipinski definition) is 5. The molecule has 3 aromatic rings. The molecule has 3 aromatic carbocycles. The van der Waals surface area contributed by atoms with Crippen LogP contribution in [0, 0.1) is 5.82 Å². The number of carbonyl (C=O) groups excluding carboxylic acids is 2. The van der Waals surface area contributed by atoms with Crippen LogP contribution >= 0.6 is 0 Å². The Morgan fingerprint density at radius 1 is 1.12 bits per heavy atom. The molecule has 1 aliphatic heterocycles. The molecular formula is C26H23FN2O4. The largest absolute Gasteiger partial charge is 0.454 e. The number of benzene rings is 3. The summed E-state index contributed by atoms with van der Waals surface area (Å²) in [6.07, 6.45) is -0.114. The van der Waals surface area contributed by atoms with Crippen LogP contribution in [0.3, 0.4) is 0 Å². The van der Waals surface area contributed by atoms with Gasteiger partial charge in [0.15, 0.2) is 0 Å². The summed E-state index contributed by atoms with van der Waals surface area (Å²) in [5.74, 6) is -3.12. The summed E-state index contributed by atoms with van der Waals surface area (Å²) in [4.78, 5) is 27.0. The molecule has 1 heterocycles. The number of ketones is 1. The van der Waals surface area contributed by atoms with Gasteiger partial charge in [-0.2, -0.15) is 0 Å². The Morgan fingerprint density at radius 3 is 2.55 bits per heavy atom. The number of hydrogen-bond donors (Lipinski definition) is 3. The van der Waals surface area contributed by atoms with E-state index in [1.54, 1.807) is 30.3 Å². The number of rotatable bonds is 4. The Morgan fingerprint density at radius 2 is 1.85 bits per heavy atom. The molecule has 2 unspecified atom stereocenters. The number of fused-ring (bicyclic) bond motifs is 5. The van der Waals surface area contributed by atoms with Gasteiger partial charge in [0.25, 0.3) is 5.79 Å². The Balaban J connectivity index is 1.64. The Kier molecular flexibility index (Phi) is 4.58. The SMILES string of the molecule is CC(C)c1ccc2c(c1)OC1(O)c3cccc(N)c3C(=O)C21NC(=O)Cc1ccc(F)cc1. The van der Waals surface area contributed by atoms with E-state index in [0.717, 1.165) is 5.56 Å². The molecule has 0 saturated carbocycles. The molecule has 0 saturated heterocycles. The van der Waals surface area contributed by atoms with E-state index in [1.807, 2.05) is 19.9 Å². The number of halogens is 1. The first kappa shape index (κ1) is 21.2. The molecule has 2 atom stereocenters. The van der Waals surface area contributed by atoms with Gasteiger partial charge in [0.1, 0.15) is 11.6 Å². The summed E-state index contributed by atoms with van der Waals surface area (Å²) in [7, 11) is 0. The predicted octanol–water partition coefficient (Wildman–Crippen LogP) is 3.52. The number of anilines is 1. The molecule has 0 spiro atoms. The summed E-state index contributed by atoms with van der Waals surface area (Å²) in [6.45, 7) is 4.04. The molecule has 7 heteroatoms. The first-order valence-corrected chi connectivity index (χ1v) is 10.7.